The van der Waals surface area contributed by atoms with Crippen molar-refractivity contribution >= 4 is 34.0 Å². The van der Waals surface area contributed by atoms with Crippen molar-refractivity contribution < 1.29 is 0 Å². The van der Waals surface area contributed by atoms with E-state index in [2.05, 4.69) is 15.0 Å². The molecule has 0 amide bonds. The van der Waals surface area contributed by atoms with Gasteiger partial charge in [0.2, 0.25) is 0 Å². The number of hydrogen-bond donors (Lipinski definition) is 2. The third-order valence-corrected chi connectivity index (χ3v) is 4.15. The Labute approximate surface area is 115 Å². The Morgan fingerprint density at radius 2 is 2.05 bits per heavy atom. The van der Waals surface area contributed by atoms with Gasteiger partial charge in [0, 0.05) is 14.1 Å². The van der Waals surface area contributed by atoms with Crippen molar-refractivity contribution in [3.05, 3.63) is 23.1 Å². The van der Waals surface area contributed by atoms with Crippen LogP contribution in [0, 0.1) is 6.92 Å². The van der Waals surface area contributed by atoms with E-state index in [1.165, 1.54) is 0 Å². The van der Waals surface area contributed by atoms with Crippen LogP contribution in [0.15, 0.2) is 17.5 Å². The molecule has 0 aliphatic rings. The number of aromatic amines is 1. The summed E-state index contributed by atoms with van der Waals surface area (Å²) in [6.45, 7) is 2.00. The Morgan fingerprint density at radius 3 is 2.68 bits per heavy atom. The molecule has 3 aromatic rings. The van der Waals surface area contributed by atoms with Gasteiger partial charge in [-0.25, -0.2) is 9.97 Å². The number of thiophene rings is 1. The lowest BCUT2D eigenvalue weighted by molar-refractivity contribution is 1.08. The van der Waals surface area contributed by atoms with E-state index in [1.807, 2.05) is 43.4 Å². The molecule has 3 N–H and O–H groups in total. The number of H-pyrrole nitrogens is 1. The number of aromatic nitrogens is 3. The largest absolute Gasteiger partial charge is 0.397 e. The highest BCUT2D eigenvalue weighted by Gasteiger charge is 2.13. The van der Waals surface area contributed by atoms with Crippen molar-refractivity contribution in [1.29, 1.82) is 0 Å². The molecule has 0 atom stereocenters. The molecule has 19 heavy (non-hydrogen) atoms. The fraction of sp³-hybridized carbons (Fsp3) is 0.231. The summed E-state index contributed by atoms with van der Waals surface area (Å²) in [5.74, 6) is 1.68. The van der Waals surface area contributed by atoms with E-state index in [9.17, 15) is 0 Å². The molecule has 0 saturated heterocycles. The maximum absolute atomic E-state index is 6.06. The molecule has 3 aromatic heterocycles. The van der Waals surface area contributed by atoms with Crippen LogP contribution >= 0.6 is 11.3 Å². The van der Waals surface area contributed by atoms with Crippen molar-refractivity contribution in [2.75, 3.05) is 24.7 Å². The van der Waals surface area contributed by atoms with Gasteiger partial charge in [0.05, 0.1) is 16.1 Å². The minimum atomic E-state index is 0.714. The zero-order chi connectivity index (χ0) is 13.6. The second kappa shape index (κ2) is 4.24. The Hall–Kier alpha value is -2.08. The molecule has 0 aliphatic carbocycles. The highest BCUT2D eigenvalue weighted by molar-refractivity contribution is 7.14. The second-order valence-corrected chi connectivity index (χ2v) is 5.56. The van der Waals surface area contributed by atoms with Crippen LogP contribution in [0.1, 0.15) is 5.56 Å². The van der Waals surface area contributed by atoms with Crippen LogP contribution in [0.5, 0.6) is 0 Å². The third-order valence-electron chi connectivity index (χ3n) is 3.03. The molecule has 3 heterocycles. The van der Waals surface area contributed by atoms with Crippen molar-refractivity contribution in [2.45, 2.75) is 6.92 Å². The van der Waals surface area contributed by atoms with E-state index in [1.54, 1.807) is 11.3 Å². The van der Waals surface area contributed by atoms with Gasteiger partial charge < -0.3 is 15.6 Å². The average molecular weight is 273 g/mol. The summed E-state index contributed by atoms with van der Waals surface area (Å²) in [6, 6.07) is 3.96. The summed E-state index contributed by atoms with van der Waals surface area (Å²) >= 11 is 1.60. The van der Waals surface area contributed by atoms with Crippen LogP contribution < -0.4 is 10.6 Å². The maximum atomic E-state index is 6.06. The number of aryl methyl sites for hydroxylation is 1. The number of nitrogens with zero attached hydrogens (tertiary/aromatic N) is 3. The van der Waals surface area contributed by atoms with Gasteiger partial charge in [-0.2, -0.15) is 0 Å². The van der Waals surface area contributed by atoms with Crippen LogP contribution in [0.2, 0.25) is 0 Å². The van der Waals surface area contributed by atoms with E-state index < -0.39 is 0 Å². The van der Waals surface area contributed by atoms with Crippen LogP contribution in [0.4, 0.5) is 11.5 Å². The molecular weight excluding hydrogens is 258 g/mol. The standard InChI is InChI=1S/C13H15N5S/c1-7-6-19-11(10(7)14)13-15-8-4-5-9(18(2)3)16-12(8)17-13/h4-6H,14H2,1-3H3,(H,15,16,17). The van der Waals surface area contributed by atoms with Gasteiger partial charge in [-0.15, -0.1) is 11.3 Å². The zero-order valence-electron chi connectivity index (χ0n) is 11.1. The van der Waals surface area contributed by atoms with E-state index in [-0.39, 0.29) is 0 Å². The summed E-state index contributed by atoms with van der Waals surface area (Å²) in [6.07, 6.45) is 0. The van der Waals surface area contributed by atoms with Crippen LogP contribution in [-0.4, -0.2) is 29.0 Å². The first-order valence-corrected chi connectivity index (χ1v) is 6.82. The monoisotopic (exact) mass is 273 g/mol. The number of nitrogen functional groups attached to an aromatic ring is 1. The predicted molar refractivity (Wildman–Crippen MR) is 80.7 cm³/mol. The van der Waals surface area contributed by atoms with E-state index >= 15 is 0 Å². The van der Waals surface area contributed by atoms with Gasteiger partial charge in [-0.05, 0) is 30.0 Å². The molecule has 0 radical (unpaired) electrons. The Kier molecular flexibility index (Phi) is 2.67. The molecule has 0 fully saturated rings. The molecule has 0 aliphatic heterocycles. The second-order valence-electron chi connectivity index (χ2n) is 4.68. The lowest BCUT2D eigenvalue weighted by Crippen LogP contribution is -2.10. The molecule has 5 nitrogen and oxygen atoms in total. The minimum absolute atomic E-state index is 0.714. The maximum Gasteiger partial charge on any atom is 0.180 e. The number of hydrogen-bond acceptors (Lipinski definition) is 5. The Bertz CT molecular complexity index is 741. The summed E-state index contributed by atoms with van der Waals surface area (Å²) in [5, 5.41) is 2.04. The van der Waals surface area contributed by atoms with Gasteiger partial charge >= 0.3 is 0 Å². The zero-order valence-corrected chi connectivity index (χ0v) is 11.9. The smallest absolute Gasteiger partial charge is 0.180 e. The predicted octanol–water partition coefficient (Wildman–Crippen LogP) is 2.64. The van der Waals surface area contributed by atoms with Crippen LogP contribution in [-0.2, 0) is 0 Å². The topological polar surface area (TPSA) is 70.8 Å². The molecular formula is C13H15N5S. The number of anilines is 2. The van der Waals surface area contributed by atoms with Crippen molar-refractivity contribution in [3.63, 3.8) is 0 Å². The van der Waals surface area contributed by atoms with E-state index in [0.29, 0.717) is 5.65 Å². The molecule has 0 saturated carbocycles. The molecule has 6 heteroatoms. The number of imidazole rings is 1. The van der Waals surface area contributed by atoms with Gasteiger partial charge in [-0.3, -0.25) is 0 Å². The first-order chi connectivity index (χ1) is 9.06. The highest BCUT2D eigenvalue weighted by atomic mass is 32.1. The molecule has 3 rings (SSSR count). The summed E-state index contributed by atoms with van der Waals surface area (Å²) in [5.41, 5.74) is 9.57. The minimum Gasteiger partial charge on any atom is -0.397 e. The number of fused-ring (bicyclic) bond motifs is 1. The first-order valence-electron chi connectivity index (χ1n) is 5.94. The van der Waals surface area contributed by atoms with E-state index in [0.717, 1.165) is 33.3 Å². The summed E-state index contributed by atoms with van der Waals surface area (Å²) in [4.78, 5) is 15.2. The SMILES string of the molecule is Cc1csc(-c2nc3nc(N(C)C)ccc3[nH]2)c1N. The Morgan fingerprint density at radius 1 is 1.26 bits per heavy atom. The summed E-state index contributed by atoms with van der Waals surface area (Å²) in [7, 11) is 3.92. The molecule has 0 spiro atoms. The van der Waals surface area contributed by atoms with Crippen molar-refractivity contribution in [2.24, 2.45) is 0 Å². The van der Waals surface area contributed by atoms with Crippen LogP contribution in [0.3, 0.4) is 0 Å². The number of nitrogens with one attached hydrogen (secondary N) is 1. The van der Waals surface area contributed by atoms with Gasteiger partial charge in [0.15, 0.2) is 11.5 Å². The van der Waals surface area contributed by atoms with E-state index in [4.69, 9.17) is 5.73 Å². The average Bonchev–Trinajstić information content (AvgIpc) is 2.93. The fourth-order valence-corrected chi connectivity index (χ4v) is 2.79. The highest BCUT2D eigenvalue weighted by Crippen LogP contribution is 2.33. The lowest BCUT2D eigenvalue weighted by atomic mass is 10.3. The fourth-order valence-electron chi connectivity index (χ4n) is 1.88. The molecule has 98 valence electrons. The number of pyridine rings is 1. The Balaban J connectivity index is 2.14. The third kappa shape index (κ3) is 1.94. The summed E-state index contributed by atoms with van der Waals surface area (Å²) < 4.78 is 0. The lowest BCUT2D eigenvalue weighted by Gasteiger charge is -2.09. The quantitative estimate of drug-likeness (QED) is 0.753. The molecule has 0 bridgehead atoms. The van der Waals surface area contributed by atoms with Crippen molar-refractivity contribution in [3.8, 4) is 10.7 Å². The number of rotatable bonds is 2. The first kappa shape index (κ1) is 12.0. The number of nitrogens with two attached hydrogens (primary N) is 1. The molecule has 0 aromatic carbocycles. The van der Waals surface area contributed by atoms with Crippen LogP contribution in [0.25, 0.3) is 21.9 Å². The van der Waals surface area contributed by atoms with Crippen molar-refractivity contribution in [1.82, 2.24) is 15.0 Å². The van der Waals surface area contributed by atoms with Gasteiger partial charge in [0.1, 0.15) is 5.82 Å². The molecule has 0 unspecified atom stereocenters. The normalized spacial score (nSPS) is 11.1. The van der Waals surface area contributed by atoms with Gasteiger partial charge in [0.25, 0.3) is 0 Å². The van der Waals surface area contributed by atoms with Gasteiger partial charge in [-0.1, -0.05) is 0 Å².